The number of furan rings is 1. The monoisotopic (exact) mass is 377 g/mol. The van der Waals surface area contributed by atoms with E-state index in [0.717, 1.165) is 49.4 Å². The van der Waals surface area contributed by atoms with Crippen molar-refractivity contribution in [3.8, 4) is 0 Å². The van der Waals surface area contributed by atoms with Crippen molar-refractivity contribution in [3.05, 3.63) is 65.2 Å². The van der Waals surface area contributed by atoms with Gasteiger partial charge in [-0.25, -0.2) is 4.98 Å². The Morgan fingerprint density at radius 1 is 0.964 bits per heavy atom. The molecule has 0 atom stereocenters. The van der Waals surface area contributed by atoms with Gasteiger partial charge in [0.05, 0.1) is 12.8 Å². The summed E-state index contributed by atoms with van der Waals surface area (Å²) in [5.41, 5.74) is 5.01. The average molecular weight is 377 g/mol. The highest BCUT2D eigenvalue weighted by atomic mass is 16.3. The second-order valence-electron chi connectivity index (χ2n) is 7.32. The highest BCUT2D eigenvalue weighted by Crippen LogP contribution is 2.25. The molecule has 1 N–H and O–H groups in total. The fourth-order valence-electron chi connectivity index (χ4n) is 3.60. The predicted octanol–water partition coefficient (Wildman–Crippen LogP) is 3.93. The van der Waals surface area contributed by atoms with Gasteiger partial charge in [-0.2, -0.15) is 4.98 Å². The molecule has 0 amide bonds. The standard InChI is InChI=1S/C22H27N5O/c1-16-6-4-8-20(18(16)3)26-9-11-27(12-10-26)22-24-17(2)14-21(25-22)23-15-19-7-5-13-28-19/h4-8,13-14H,9-12,15H2,1-3H3,(H,23,24,25). The average Bonchev–Trinajstić information content (AvgIpc) is 3.22. The number of aryl methyl sites for hydroxylation is 2. The molecule has 1 aromatic carbocycles. The number of hydrogen-bond donors (Lipinski definition) is 1. The maximum absolute atomic E-state index is 5.38. The van der Waals surface area contributed by atoms with Gasteiger partial charge in [-0.1, -0.05) is 12.1 Å². The summed E-state index contributed by atoms with van der Waals surface area (Å²) >= 11 is 0. The minimum Gasteiger partial charge on any atom is -0.467 e. The number of piperazine rings is 1. The van der Waals surface area contributed by atoms with Crippen LogP contribution in [0.4, 0.5) is 17.5 Å². The van der Waals surface area contributed by atoms with E-state index in [0.29, 0.717) is 6.54 Å². The van der Waals surface area contributed by atoms with Crippen LogP contribution >= 0.6 is 0 Å². The smallest absolute Gasteiger partial charge is 0.227 e. The third kappa shape index (κ3) is 3.96. The molecule has 146 valence electrons. The molecule has 0 bridgehead atoms. The van der Waals surface area contributed by atoms with Gasteiger partial charge in [0.25, 0.3) is 0 Å². The van der Waals surface area contributed by atoms with E-state index in [2.05, 4.69) is 52.1 Å². The second-order valence-corrected chi connectivity index (χ2v) is 7.32. The van der Waals surface area contributed by atoms with Crippen LogP contribution < -0.4 is 15.1 Å². The van der Waals surface area contributed by atoms with E-state index < -0.39 is 0 Å². The van der Waals surface area contributed by atoms with E-state index in [1.807, 2.05) is 25.1 Å². The number of hydrogen-bond acceptors (Lipinski definition) is 6. The molecule has 6 heteroatoms. The zero-order valence-electron chi connectivity index (χ0n) is 16.8. The zero-order chi connectivity index (χ0) is 19.5. The maximum atomic E-state index is 5.38. The lowest BCUT2D eigenvalue weighted by Crippen LogP contribution is -2.47. The highest BCUT2D eigenvalue weighted by Gasteiger charge is 2.21. The third-order valence-corrected chi connectivity index (χ3v) is 5.35. The molecule has 6 nitrogen and oxygen atoms in total. The second kappa shape index (κ2) is 7.92. The Labute approximate surface area is 166 Å². The normalized spacial score (nSPS) is 14.4. The molecular weight excluding hydrogens is 350 g/mol. The summed E-state index contributed by atoms with van der Waals surface area (Å²) in [5, 5.41) is 3.33. The van der Waals surface area contributed by atoms with Gasteiger partial charge in [0.15, 0.2) is 0 Å². The molecule has 0 radical (unpaired) electrons. The van der Waals surface area contributed by atoms with Crippen LogP contribution in [0.2, 0.25) is 0 Å². The van der Waals surface area contributed by atoms with Crippen LogP contribution in [-0.4, -0.2) is 36.1 Å². The number of benzene rings is 1. The summed E-state index contributed by atoms with van der Waals surface area (Å²) in [4.78, 5) is 14.1. The molecule has 4 rings (SSSR count). The molecule has 0 saturated carbocycles. The van der Waals surface area contributed by atoms with Crippen molar-refractivity contribution in [3.63, 3.8) is 0 Å². The van der Waals surface area contributed by atoms with E-state index in [4.69, 9.17) is 9.40 Å². The van der Waals surface area contributed by atoms with E-state index in [1.165, 1.54) is 16.8 Å². The number of nitrogens with one attached hydrogen (secondary N) is 1. The highest BCUT2D eigenvalue weighted by molar-refractivity contribution is 5.57. The van der Waals surface area contributed by atoms with Crippen molar-refractivity contribution in [1.29, 1.82) is 0 Å². The summed E-state index contributed by atoms with van der Waals surface area (Å²) < 4.78 is 5.38. The summed E-state index contributed by atoms with van der Waals surface area (Å²) in [6.45, 7) is 10.8. The zero-order valence-corrected chi connectivity index (χ0v) is 16.8. The first-order valence-electron chi connectivity index (χ1n) is 9.78. The fraction of sp³-hybridized carbons (Fsp3) is 0.364. The number of rotatable bonds is 5. The molecule has 1 aliphatic rings. The summed E-state index contributed by atoms with van der Waals surface area (Å²) in [5.74, 6) is 2.51. The van der Waals surface area contributed by atoms with Crippen LogP contribution in [0.25, 0.3) is 0 Å². The van der Waals surface area contributed by atoms with Gasteiger partial charge in [0, 0.05) is 43.6 Å². The molecule has 3 heterocycles. The van der Waals surface area contributed by atoms with Crippen molar-refractivity contribution < 1.29 is 4.42 Å². The van der Waals surface area contributed by atoms with Gasteiger partial charge in [-0.3, -0.25) is 0 Å². The van der Waals surface area contributed by atoms with Crippen molar-refractivity contribution in [2.24, 2.45) is 0 Å². The molecule has 3 aromatic rings. The molecule has 1 fully saturated rings. The Bertz CT molecular complexity index is 930. The topological polar surface area (TPSA) is 57.4 Å². The lowest BCUT2D eigenvalue weighted by atomic mass is 10.1. The van der Waals surface area contributed by atoms with Crippen molar-refractivity contribution in [2.75, 3.05) is 41.3 Å². The minimum atomic E-state index is 0.614. The molecule has 0 unspecified atom stereocenters. The van der Waals surface area contributed by atoms with E-state index in [-0.39, 0.29) is 0 Å². The van der Waals surface area contributed by atoms with E-state index >= 15 is 0 Å². The Kier molecular flexibility index (Phi) is 5.19. The van der Waals surface area contributed by atoms with Gasteiger partial charge < -0.3 is 19.5 Å². The Hall–Kier alpha value is -3.02. The van der Waals surface area contributed by atoms with Crippen LogP contribution in [0.5, 0.6) is 0 Å². The fourth-order valence-corrected chi connectivity index (χ4v) is 3.60. The van der Waals surface area contributed by atoms with Gasteiger partial charge in [0.1, 0.15) is 11.6 Å². The Morgan fingerprint density at radius 2 is 1.75 bits per heavy atom. The molecule has 1 saturated heterocycles. The lowest BCUT2D eigenvalue weighted by molar-refractivity contribution is 0.517. The van der Waals surface area contributed by atoms with Crippen molar-refractivity contribution in [1.82, 2.24) is 9.97 Å². The summed E-state index contributed by atoms with van der Waals surface area (Å²) in [6.07, 6.45) is 1.68. The van der Waals surface area contributed by atoms with Gasteiger partial charge >= 0.3 is 0 Å². The van der Waals surface area contributed by atoms with Crippen LogP contribution in [0.15, 0.2) is 47.1 Å². The molecule has 1 aliphatic heterocycles. The predicted molar refractivity (Wildman–Crippen MR) is 113 cm³/mol. The van der Waals surface area contributed by atoms with E-state index in [1.54, 1.807) is 6.26 Å². The van der Waals surface area contributed by atoms with Gasteiger partial charge in [0.2, 0.25) is 5.95 Å². The van der Waals surface area contributed by atoms with Gasteiger partial charge in [-0.15, -0.1) is 0 Å². The first-order chi connectivity index (χ1) is 13.6. The summed E-state index contributed by atoms with van der Waals surface area (Å²) in [7, 11) is 0. The van der Waals surface area contributed by atoms with Gasteiger partial charge in [-0.05, 0) is 50.1 Å². The largest absolute Gasteiger partial charge is 0.467 e. The van der Waals surface area contributed by atoms with Crippen molar-refractivity contribution >= 4 is 17.5 Å². The van der Waals surface area contributed by atoms with Crippen LogP contribution in [0.1, 0.15) is 22.6 Å². The number of nitrogens with zero attached hydrogens (tertiary/aromatic N) is 4. The molecule has 0 spiro atoms. The first-order valence-corrected chi connectivity index (χ1v) is 9.78. The SMILES string of the molecule is Cc1cc(NCc2ccco2)nc(N2CCN(c3cccc(C)c3C)CC2)n1. The lowest BCUT2D eigenvalue weighted by Gasteiger charge is -2.37. The van der Waals surface area contributed by atoms with Crippen LogP contribution in [0.3, 0.4) is 0 Å². The molecule has 0 aliphatic carbocycles. The molecule has 28 heavy (non-hydrogen) atoms. The van der Waals surface area contributed by atoms with E-state index in [9.17, 15) is 0 Å². The molecular formula is C22H27N5O. The van der Waals surface area contributed by atoms with Crippen molar-refractivity contribution in [2.45, 2.75) is 27.3 Å². The minimum absolute atomic E-state index is 0.614. The third-order valence-electron chi connectivity index (χ3n) is 5.35. The summed E-state index contributed by atoms with van der Waals surface area (Å²) in [6, 6.07) is 12.4. The molecule has 2 aromatic heterocycles. The number of aromatic nitrogens is 2. The Balaban J connectivity index is 1.43. The number of anilines is 3. The quantitative estimate of drug-likeness (QED) is 0.727. The Morgan fingerprint density at radius 3 is 2.50 bits per heavy atom. The first kappa shape index (κ1) is 18.3. The van der Waals surface area contributed by atoms with Crippen LogP contribution in [0, 0.1) is 20.8 Å². The van der Waals surface area contributed by atoms with Crippen LogP contribution in [-0.2, 0) is 6.54 Å². The maximum Gasteiger partial charge on any atom is 0.227 e.